The van der Waals surface area contributed by atoms with Crippen LogP contribution in [0.15, 0.2) is 42.5 Å². The Morgan fingerprint density at radius 3 is 2.59 bits per heavy atom. The second-order valence-corrected chi connectivity index (χ2v) is 5.75. The van der Waals surface area contributed by atoms with Crippen LogP contribution in [0.25, 0.3) is 22.4 Å². The van der Waals surface area contributed by atoms with Crippen molar-refractivity contribution in [2.45, 2.75) is 6.92 Å². The summed E-state index contributed by atoms with van der Waals surface area (Å²) in [6.45, 7) is 5.64. The molecule has 0 spiro atoms. The van der Waals surface area contributed by atoms with E-state index in [-0.39, 0.29) is 0 Å². The fourth-order valence-corrected chi connectivity index (χ4v) is 2.91. The molecule has 1 saturated heterocycles. The third-order valence-electron chi connectivity index (χ3n) is 4.15. The average Bonchev–Trinajstić information content (AvgIpc) is 2.99. The van der Waals surface area contributed by atoms with Gasteiger partial charge in [-0.05, 0) is 48.9 Å². The van der Waals surface area contributed by atoms with E-state index in [4.69, 9.17) is 4.74 Å². The van der Waals surface area contributed by atoms with Crippen LogP contribution < -0.4 is 4.90 Å². The fourth-order valence-electron chi connectivity index (χ4n) is 2.91. The van der Waals surface area contributed by atoms with Gasteiger partial charge in [0.05, 0.1) is 24.2 Å². The Balaban J connectivity index is 1.63. The summed E-state index contributed by atoms with van der Waals surface area (Å²) >= 11 is 0. The second-order valence-electron chi connectivity index (χ2n) is 5.75. The summed E-state index contributed by atoms with van der Waals surface area (Å²) in [5.74, 6) is 0.925. The first kappa shape index (κ1) is 13.3. The lowest BCUT2D eigenvalue weighted by atomic mass is 10.2. The first-order valence-corrected chi connectivity index (χ1v) is 7.69. The van der Waals surface area contributed by atoms with E-state index in [0.29, 0.717) is 0 Å². The lowest BCUT2D eigenvalue weighted by molar-refractivity contribution is 0.122. The lowest BCUT2D eigenvalue weighted by Gasteiger charge is -2.28. The van der Waals surface area contributed by atoms with Crippen molar-refractivity contribution in [1.29, 1.82) is 0 Å². The molecular formula is C18H19N3O. The molecule has 1 aliphatic heterocycles. The van der Waals surface area contributed by atoms with Crippen molar-refractivity contribution in [2.24, 2.45) is 0 Å². The van der Waals surface area contributed by atoms with Crippen LogP contribution in [-0.2, 0) is 4.74 Å². The van der Waals surface area contributed by atoms with E-state index >= 15 is 0 Å². The lowest BCUT2D eigenvalue weighted by Crippen LogP contribution is -2.36. The highest BCUT2D eigenvalue weighted by Crippen LogP contribution is 2.24. The normalized spacial score (nSPS) is 15.4. The molecule has 0 radical (unpaired) electrons. The van der Waals surface area contributed by atoms with E-state index in [2.05, 4.69) is 64.3 Å². The maximum absolute atomic E-state index is 5.40. The number of nitrogens with zero attached hydrogens (tertiary/aromatic N) is 2. The summed E-state index contributed by atoms with van der Waals surface area (Å²) in [6, 6.07) is 14.9. The zero-order valence-electron chi connectivity index (χ0n) is 12.7. The average molecular weight is 293 g/mol. The molecule has 0 unspecified atom stereocenters. The SMILES string of the molecule is Cc1ccc2nc(-c3ccc(N4CCOCC4)cc3)[nH]c2c1. The number of aromatic nitrogens is 2. The molecule has 1 aliphatic rings. The molecule has 2 heterocycles. The molecule has 112 valence electrons. The highest BCUT2D eigenvalue weighted by molar-refractivity contribution is 5.80. The van der Waals surface area contributed by atoms with E-state index in [1.807, 2.05) is 0 Å². The molecule has 1 fully saturated rings. The number of aryl methyl sites for hydroxylation is 1. The Kier molecular flexibility index (Phi) is 3.31. The van der Waals surface area contributed by atoms with Gasteiger partial charge in [-0.3, -0.25) is 0 Å². The summed E-state index contributed by atoms with van der Waals surface area (Å²) in [4.78, 5) is 10.4. The second kappa shape index (κ2) is 5.46. The summed E-state index contributed by atoms with van der Waals surface area (Å²) in [5.41, 5.74) is 5.71. The van der Waals surface area contributed by atoms with Gasteiger partial charge < -0.3 is 14.6 Å². The number of anilines is 1. The summed E-state index contributed by atoms with van der Waals surface area (Å²) in [5, 5.41) is 0. The van der Waals surface area contributed by atoms with Crippen molar-refractivity contribution in [2.75, 3.05) is 31.2 Å². The molecule has 0 saturated carbocycles. The number of ether oxygens (including phenoxy) is 1. The molecule has 1 N–H and O–H groups in total. The number of nitrogens with one attached hydrogen (secondary N) is 1. The highest BCUT2D eigenvalue weighted by atomic mass is 16.5. The van der Waals surface area contributed by atoms with E-state index in [9.17, 15) is 0 Å². The van der Waals surface area contributed by atoms with Crippen LogP contribution in [0.2, 0.25) is 0 Å². The number of morpholine rings is 1. The third kappa shape index (κ3) is 2.46. The summed E-state index contributed by atoms with van der Waals surface area (Å²) in [6.07, 6.45) is 0. The molecule has 4 heteroatoms. The highest BCUT2D eigenvalue weighted by Gasteiger charge is 2.11. The predicted octanol–water partition coefficient (Wildman–Crippen LogP) is 3.37. The zero-order chi connectivity index (χ0) is 14.9. The minimum atomic E-state index is 0.810. The Bertz CT molecular complexity index is 786. The smallest absolute Gasteiger partial charge is 0.138 e. The van der Waals surface area contributed by atoms with Gasteiger partial charge in [0.2, 0.25) is 0 Å². The maximum Gasteiger partial charge on any atom is 0.138 e. The van der Waals surface area contributed by atoms with Crippen LogP contribution >= 0.6 is 0 Å². The van der Waals surface area contributed by atoms with Crippen molar-refractivity contribution in [3.8, 4) is 11.4 Å². The molecule has 2 aromatic carbocycles. The van der Waals surface area contributed by atoms with E-state index in [1.165, 1.54) is 11.3 Å². The standard InChI is InChI=1S/C18H19N3O/c1-13-2-7-16-17(12-13)20-18(19-16)14-3-5-15(6-4-14)21-8-10-22-11-9-21/h2-7,12H,8-11H2,1H3,(H,19,20). The minimum absolute atomic E-state index is 0.810. The van der Waals surface area contributed by atoms with Crippen molar-refractivity contribution < 1.29 is 4.74 Å². The van der Waals surface area contributed by atoms with Crippen LogP contribution in [0.3, 0.4) is 0 Å². The Morgan fingerprint density at radius 2 is 1.82 bits per heavy atom. The first-order valence-electron chi connectivity index (χ1n) is 7.69. The van der Waals surface area contributed by atoms with Gasteiger partial charge in [0.15, 0.2) is 0 Å². The van der Waals surface area contributed by atoms with Gasteiger partial charge >= 0.3 is 0 Å². The molecule has 3 aromatic rings. The quantitative estimate of drug-likeness (QED) is 0.787. The molecule has 0 bridgehead atoms. The summed E-state index contributed by atoms with van der Waals surface area (Å²) < 4.78 is 5.40. The first-order chi connectivity index (χ1) is 10.8. The summed E-state index contributed by atoms with van der Waals surface area (Å²) in [7, 11) is 0. The van der Waals surface area contributed by atoms with Crippen molar-refractivity contribution in [3.05, 3.63) is 48.0 Å². The van der Waals surface area contributed by atoms with Crippen LogP contribution in [-0.4, -0.2) is 36.3 Å². The molecule has 4 nitrogen and oxygen atoms in total. The van der Waals surface area contributed by atoms with Crippen molar-refractivity contribution >= 4 is 16.7 Å². The maximum atomic E-state index is 5.40. The van der Waals surface area contributed by atoms with Crippen LogP contribution in [0.1, 0.15) is 5.56 Å². The molecule has 0 atom stereocenters. The molecule has 0 amide bonds. The molecule has 1 aromatic heterocycles. The number of aromatic amines is 1. The van der Waals surface area contributed by atoms with Gasteiger partial charge in [0, 0.05) is 24.3 Å². The van der Waals surface area contributed by atoms with Crippen molar-refractivity contribution in [1.82, 2.24) is 9.97 Å². The monoisotopic (exact) mass is 293 g/mol. The zero-order valence-corrected chi connectivity index (χ0v) is 12.7. The van der Waals surface area contributed by atoms with Crippen LogP contribution in [0, 0.1) is 6.92 Å². The topological polar surface area (TPSA) is 41.2 Å². The number of fused-ring (bicyclic) bond motifs is 1. The van der Waals surface area contributed by atoms with Gasteiger partial charge in [-0.2, -0.15) is 0 Å². The van der Waals surface area contributed by atoms with Gasteiger partial charge in [-0.25, -0.2) is 4.98 Å². The number of hydrogen-bond donors (Lipinski definition) is 1. The van der Waals surface area contributed by atoms with E-state index in [1.54, 1.807) is 0 Å². The van der Waals surface area contributed by atoms with Gasteiger partial charge in [0.25, 0.3) is 0 Å². The molecular weight excluding hydrogens is 274 g/mol. The molecule has 4 rings (SSSR count). The Labute approximate surface area is 129 Å². The van der Waals surface area contributed by atoms with Gasteiger partial charge in [0.1, 0.15) is 5.82 Å². The molecule has 0 aliphatic carbocycles. The number of rotatable bonds is 2. The number of hydrogen-bond acceptors (Lipinski definition) is 3. The van der Waals surface area contributed by atoms with Crippen molar-refractivity contribution in [3.63, 3.8) is 0 Å². The van der Waals surface area contributed by atoms with E-state index < -0.39 is 0 Å². The van der Waals surface area contributed by atoms with Gasteiger partial charge in [-0.1, -0.05) is 6.07 Å². The minimum Gasteiger partial charge on any atom is -0.378 e. The van der Waals surface area contributed by atoms with Crippen LogP contribution in [0.4, 0.5) is 5.69 Å². The van der Waals surface area contributed by atoms with Crippen LogP contribution in [0.5, 0.6) is 0 Å². The number of H-pyrrole nitrogens is 1. The molecule has 22 heavy (non-hydrogen) atoms. The largest absolute Gasteiger partial charge is 0.378 e. The number of imidazole rings is 1. The van der Waals surface area contributed by atoms with E-state index in [0.717, 1.165) is 48.7 Å². The fraction of sp³-hybridized carbons (Fsp3) is 0.278. The Hall–Kier alpha value is -2.33. The predicted molar refractivity (Wildman–Crippen MR) is 89.3 cm³/mol. The number of benzene rings is 2. The van der Waals surface area contributed by atoms with Gasteiger partial charge in [-0.15, -0.1) is 0 Å². The third-order valence-corrected chi connectivity index (χ3v) is 4.15. The Morgan fingerprint density at radius 1 is 1.05 bits per heavy atom.